The van der Waals surface area contributed by atoms with Gasteiger partial charge >= 0.3 is 29.6 Å². The van der Waals surface area contributed by atoms with Crippen molar-refractivity contribution in [2.75, 3.05) is 13.2 Å². The van der Waals surface area contributed by atoms with Crippen molar-refractivity contribution in [2.24, 2.45) is 0 Å². The first-order chi connectivity index (χ1) is 11.8. The van der Waals surface area contributed by atoms with Crippen molar-refractivity contribution in [3.8, 4) is 0 Å². The van der Waals surface area contributed by atoms with E-state index in [2.05, 4.69) is 12.2 Å². The largest absolute Gasteiger partial charge is 1.00 e. The van der Waals surface area contributed by atoms with Crippen LogP contribution in [0.5, 0.6) is 0 Å². The Morgan fingerprint density at radius 1 is 1.00 bits per heavy atom. The Hall–Kier alpha value is 0.300. The molecule has 26 heavy (non-hydrogen) atoms. The molecule has 0 aromatic carbocycles. The molecule has 0 aliphatic heterocycles. The van der Waals surface area contributed by atoms with E-state index in [1.165, 1.54) is 32.1 Å². The van der Waals surface area contributed by atoms with Crippen LogP contribution in [0.2, 0.25) is 0 Å². The van der Waals surface area contributed by atoms with Crippen LogP contribution in [0.15, 0.2) is 0 Å². The summed E-state index contributed by atoms with van der Waals surface area (Å²) < 4.78 is 33.8. The molecular weight excluding hydrogens is 369 g/mol. The summed E-state index contributed by atoms with van der Waals surface area (Å²) in [6, 6.07) is 0. The van der Waals surface area contributed by atoms with E-state index in [0.29, 0.717) is 6.42 Å². The van der Waals surface area contributed by atoms with Gasteiger partial charge in [0.25, 0.3) is 0 Å². The van der Waals surface area contributed by atoms with Crippen LogP contribution < -0.4 is 34.9 Å². The summed E-state index contributed by atoms with van der Waals surface area (Å²) in [5.74, 6) is -0.904. The molecule has 0 aromatic heterocycles. The summed E-state index contributed by atoms with van der Waals surface area (Å²) in [5, 5.41) is 18.4. The minimum atomic E-state index is -4.74. The molecular formula is C17H34NNaO6S. The number of hydrogen-bond acceptors (Lipinski definition) is 6. The average Bonchev–Trinajstić information content (AvgIpc) is 2.56. The SMILES string of the molecule is CCCCCCCCCCCCC(C(=O)NCC(O)CO)S(=O)(=O)[O-].[Na+]. The summed E-state index contributed by atoms with van der Waals surface area (Å²) in [7, 11) is -4.74. The van der Waals surface area contributed by atoms with Crippen molar-refractivity contribution in [2.45, 2.75) is 88.9 Å². The molecule has 0 rings (SSSR count). The topological polar surface area (TPSA) is 127 Å². The fourth-order valence-corrected chi connectivity index (χ4v) is 3.42. The van der Waals surface area contributed by atoms with Gasteiger partial charge in [0.15, 0.2) is 0 Å². The molecule has 0 spiro atoms. The van der Waals surface area contributed by atoms with E-state index < -0.39 is 34.0 Å². The summed E-state index contributed by atoms with van der Waals surface area (Å²) in [5.41, 5.74) is 0. The molecule has 0 saturated carbocycles. The third-order valence-electron chi connectivity index (χ3n) is 4.18. The predicted octanol–water partition coefficient (Wildman–Crippen LogP) is -1.32. The summed E-state index contributed by atoms with van der Waals surface area (Å²) in [6.45, 7) is 1.36. The molecule has 0 aliphatic rings. The van der Waals surface area contributed by atoms with Crippen LogP contribution in [0, 0.1) is 0 Å². The van der Waals surface area contributed by atoms with Crippen molar-refractivity contribution in [1.82, 2.24) is 5.32 Å². The molecule has 150 valence electrons. The molecule has 0 fully saturated rings. The molecule has 2 atom stereocenters. The molecule has 0 bridgehead atoms. The molecule has 0 aliphatic carbocycles. The van der Waals surface area contributed by atoms with E-state index >= 15 is 0 Å². The monoisotopic (exact) mass is 403 g/mol. The van der Waals surface area contributed by atoms with E-state index in [1.807, 2.05) is 0 Å². The molecule has 0 saturated heterocycles. The first kappa shape index (κ1) is 28.5. The molecule has 0 aromatic rings. The predicted molar refractivity (Wildman–Crippen MR) is 96.0 cm³/mol. The van der Waals surface area contributed by atoms with Crippen LogP contribution in [0.3, 0.4) is 0 Å². The Bertz CT molecular complexity index is 447. The van der Waals surface area contributed by atoms with E-state index in [-0.39, 0.29) is 42.5 Å². The van der Waals surface area contributed by atoms with Crippen LogP contribution in [-0.2, 0) is 14.9 Å². The standard InChI is InChI=1S/C17H35NO6S.Na/c1-2-3-4-5-6-7-8-9-10-11-12-16(25(22,23)24)17(21)18-13-15(20)14-19;/h15-16,19-20H,2-14H2,1H3,(H,18,21)(H,22,23,24);/q;+1/p-1. The summed E-state index contributed by atoms with van der Waals surface area (Å²) in [6.07, 6.45) is 9.56. The van der Waals surface area contributed by atoms with Gasteiger partial charge in [0.1, 0.15) is 15.4 Å². The van der Waals surface area contributed by atoms with Gasteiger partial charge < -0.3 is 20.1 Å². The number of amides is 1. The maximum atomic E-state index is 11.8. The van der Waals surface area contributed by atoms with Crippen molar-refractivity contribution in [3.63, 3.8) is 0 Å². The number of aliphatic hydroxyl groups excluding tert-OH is 2. The number of hydrogen-bond donors (Lipinski definition) is 3. The van der Waals surface area contributed by atoms with Gasteiger partial charge in [-0.25, -0.2) is 8.42 Å². The number of nitrogens with one attached hydrogen (secondary N) is 1. The van der Waals surface area contributed by atoms with E-state index in [4.69, 9.17) is 10.2 Å². The van der Waals surface area contributed by atoms with E-state index in [0.717, 1.165) is 25.7 Å². The third-order valence-corrected chi connectivity index (χ3v) is 5.33. The van der Waals surface area contributed by atoms with Crippen molar-refractivity contribution in [3.05, 3.63) is 0 Å². The maximum absolute atomic E-state index is 11.8. The van der Waals surface area contributed by atoms with Gasteiger partial charge in [0, 0.05) is 6.54 Å². The second-order valence-corrected chi connectivity index (χ2v) is 8.09. The second-order valence-electron chi connectivity index (χ2n) is 6.53. The number of unbranched alkanes of at least 4 members (excludes halogenated alkanes) is 9. The normalized spacial score (nSPS) is 13.7. The first-order valence-corrected chi connectivity index (χ1v) is 10.8. The molecule has 3 N–H and O–H groups in total. The van der Waals surface area contributed by atoms with E-state index in [9.17, 15) is 17.8 Å². The smallest absolute Gasteiger partial charge is 0.747 e. The van der Waals surface area contributed by atoms with Gasteiger partial charge in [-0.3, -0.25) is 4.79 Å². The molecule has 9 heteroatoms. The number of carbonyl (C=O) groups is 1. The number of rotatable bonds is 16. The number of aliphatic hydroxyl groups is 2. The van der Waals surface area contributed by atoms with Gasteiger partial charge in [0.05, 0.1) is 12.7 Å². The van der Waals surface area contributed by atoms with Gasteiger partial charge in [-0.2, -0.15) is 0 Å². The Labute approximate surface area is 180 Å². The van der Waals surface area contributed by atoms with Crippen molar-refractivity contribution < 1.29 is 57.5 Å². The third kappa shape index (κ3) is 15.4. The quantitative estimate of drug-likeness (QED) is 0.167. The van der Waals surface area contributed by atoms with Crippen LogP contribution in [-0.4, -0.2) is 53.6 Å². The van der Waals surface area contributed by atoms with Gasteiger partial charge in [-0.15, -0.1) is 0 Å². The molecule has 2 unspecified atom stereocenters. The molecule has 7 nitrogen and oxygen atoms in total. The molecule has 1 amide bonds. The molecule has 0 heterocycles. The van der Waals surface area contributed by atoms with Gasteiger partial charge in [-0.1, -0.05) is 71.1 Å². The fraction of sp³-hybridized carbons (Fsp3) is 0.941. The fourth-order valence-electron chi connectivity index (χ4n) is 2.62. The van der Waals surface area contributed by atoms with Gasteiger partial charge in [-0.05, 0) is 6.42 Å². The van der Waals surface area contributed by atoms with Crippen molar-refractivity contribution in [1.29, 1.82) is 0 Å². The second kappa shape index (κ2) is 17.4. The van der Waals surface area contributed by atoms with Crippen LogP contribution >= 0.6 is 0 Å². The Morgan fingerprint density at radius 3 is 1.88 bits per heavy atom. The molecule has 0 radical (unpaired) electrons. The zero-order valence-corrected chi connectivity index (χ0v) is 19.1. The number of carbonyl (C=O) groups excluding carboxylic acids is 1. The minimum Gasteiger partial charge on any atom is -0.747 e. The zero-order chi connectivity index (χ0) is 19.1. The summed E-state index contributed by atoms with van der Waals surface area (Å²) in [4.78, 5) is 11.8. The average molecular weight is 404 g/mol. The van der Waals surface area contributed by atoms with Crippen LogP contribution in [0.1, 0.15) is 77.6 Å². The van der Waals surface area contributed by atoms with Gasteiger partial charge in [0.2, 0.25) is 5.91 Å². The van der Waals surface area contributed by atoms with Crippen LogP contribution in [0.4, 0.5) is 0 Å². The minimum absolute atomic E-state index is 0. The summed E-state index contributed by atoms with van der Waals surface area (Å²) >= 11 is 0. The van der Waals surface area contributed by atoms with E-state index in [1.54, 1.807) is 0 Å². The van der Waals surface area contributed by atoms with Crippen LogP contribution in [0.25, 0.3) is 0 Å². The Kier molecular flexibility index (Phi) is 19.1. The zero-order valence-electron chi connectivity index (χ0n) is 16.3. The first-order valence-electron chi connectivity index (χ1n) is 9.34. The Morgan fingerprint density at radius 2 is 1.46 bits per heavy atom. The Balaban J connectivity index is 0. The van der Waals surface area contributed by atoms with Crippen molar-refractivity contribution >= 4 is 16.0 Å². The maximum Gasteiger partial charge on any atom is 1.00 e.